The van der Waals surface area contributed by atoms with Crippen LogP contribution in [0.4, 0.5) is 11.4 Å². The van der Waals surface area contributed by atoms with Gasteiger partial charge in [0, 0.05) is 35.3 Å². The van der Waals surface area contributed by atoms with Gasteiger partial charge in [-0.05, 0) is 30.7 Å². The number of non-ortho nitro benzene ring substituents is 1. The van der Waals surface area contributed by atoms with Crippen LogP contribution in [0, 0.1) is 17.0 Å². The number of hydrogen-bond acceptors (Lipinski definition) is 4. The first-order valence-corrected chi connectivity index (χ1v) is 7.45. The molecular formula is C17H14ClN3O2. The lowest BCUT2D eigenvalue weighted by atomic mass is 10.1. The highest BCUT2D eigenvalue weighted by Gasteiger charge is 2.08. The first-order chi connectivity index (χ1) is 11.0. The third kappa shape index (κ3) is 3.24. The van der Waals surface area contributed by atoms with Crippen LogP contribution in [0.2, 0.25) is 5.15 Å². The van der Waals surface area contributed by atoms with Gasteiger partial charge in [0.1, 0.15) is 5.15 Å². The van der Waals surface area contributed by atoms with Gasteiger partial charge >= 0.3 is 0 Å². The number of halogens is 1. The maximum Gasteiger partial charge on any atom is 0.269 e. The number of anilines is 1. The Morgan fingerprint density at radius 1 is 1.22 bits per heavy atom. The van der Waals surface area contributed by atoms with Crippen molar-refractivity contribution >= 4 is 33.9 Å². The van der Waals surface area contributed by atoms with Crippen LogP contribution in [-0.2, 0) is 6.54 Å². The van der Waals surface area contributed by atoms with Crippen molar-refractivity contribution in [1.82, 2.24) is 4.98 Å². The number of rotatable bonds is 4. The average Bonchev–Trinajstić information content (AvgIpc) is 2.54. The Labute approximate surface area is 138 Å². The monoisotopic (exact) mass is 327 g/mol. The molecule has 0 fully saturated rings. The van der Waals surface area contributed by atoms with Gasteiger partial charge in [-0.2, -0.15) is 0 Å². The second-order valence-electron chi connectivity index (χ2n) is 5.24. The van der Waals surface area contributed by atoms with Gasteiger partial charge in [-0.15, -0.1) is 0 Å². The fourth-order valence-electron chi connectivity index (χ4n) is 2.39. The lowest BCUT2D eigenvalue weighted by molar-refractivity contribution is -0.384. The van der Waals surface area contributed by atoms with Gasteiger partial charge in [0.05, 0.1) is 10.4 Å². The molecule has 0 amide bonds. The Bertz CT molecular complexity index is 879. The van der Waals surface area contributed by atoms with Crippen LogP contribution in [0.25, 0.3) is 10.9 Å². The van der Waals surface area contributed by atoms with Crippen LogP contribution in [0.1, 0.15) is 11.1 Å². The van der Waals surface area contributed by atoms with Crippen molar-refractivity contribution in [2.45, 2.75) is 13.5 Å². The Hall–Kier alpha value is -2.66. The zero-order chi connectivity index (χ0) is 16.4. The molecular weight excluding hydrogens is 314 g/mol. The Morgan fingerprint density at radius 3 is 2.65 bits per heavy atom. The number of fused-ring (bicyclic) bond motifs is 1. The minimum atomic E-state index is -0.420. The lowest BCUT2D eigenvalue weighted by Gasteiger charge is -2.10. The van der Waals surface area contributed by atoms with Crippen molar-refractivity contribution in [2.24, 2.45) is 0 Å². The summed E-state index contributed by atoms with van der Waals surface area (Å²) in [4.78, 5) is 14.7. The first kappa shape index (κ1) is 15.2. The van der Waals surface area contributed by atoms with Crippen LogP contribution in [0.5, 0.6) is 0 Å². The van der Waals surface area contributed by atoms with Crippen molar-refractivity contribution in [2.75, 3.05) is 5.32 Å². The number of nitro groups is 1. The number of nitro benzene ring substituents is 1. The smallest absolute Gasteiger partial charge is 0.269 e. The number of nitrogens with zero attached hydrogens (tertiary/aromatic N) is 2. The van der Waals surface area contributed by atoms with E-state index in [1.807, 2.05) is 31.2 Å². The fraction of sp³-hybridized carbons (Fsp3) is 0.118. The van der Waals surface area contributed by atoms with E-state index in [9.17, 15) is 10.1 Å². The standard InChI is InChI=1S/C17H14ClN3O2/c1-11-3-2-4-12-9-13(17(18)20-16(11)12)10-19-14-5-7-15(8-6-14)21(22)23/h2-9,19H,10H2,1H3. The molecule has 0 unspecified atom stereocenters. The molecule has 3 aromatic rings. The van der Waals surface area contributed by atoms with Crippen molar-refractivity contribution < 1.29 is 4.92 Å². The van der Waals surface area contributed by atoms with Crippen LogP contribution in [-0.4, -0.2) is 9.91 Å². The molecule has 1 aromatic heterocycles. The van der Waals surface area contributed by atoms with Gasteiger partial charge in [-0.1, -0.05) is 29.8 Å². The summed E-state index contributed by atoms with van der Waals surface area (Å²) in [7, 11) is 0. The molecule has 0 radical (unpaired) electrons. The van der Waals surface area contributed by atoms with Gasteiger partial charge in [0.2, 0.25) is 0 Å². The summed E-state index contributed by atoms with van der Waals surface area (Å²) in [5.41, 5.74) is 3.71. The van der Waals surface area contributed by atoms with E-state index in [-0.39, 0.29) is 5.69 Å². The quantitative estimate of drug-likeness (QED) is 0.428. The molecule has 0 aliphatic rings. The first-order valence-electron chi connectivity index (χ1n) is 7.07. The second-order valence-corrected chi connectivity index (χ2v) is 5.60. The van der Waals surface area contributed by atoms with E-state index in [1.165, 1.54) is 12.1 Å². The summed E-state index contributed by atoms with van der Waals surface area (Å²) in [6, 6.07) is 14.3. The zero-order valence-corrected chi connectivity index (χ0v) is 13.2. The van der Waals surface area contributed by atoms with E-state index < -0.39 is 4.92 Å². The van der Waals surface area contributed by atoms with E-state index >= 15 is 0 Å². The largest absolute Gasteiger partial charge is 0.381 e. The molecule has 23 heavy (non-hydrogen) atoms. The Morgan fingerprint density at radius 2 is 1.96 bits per heavy atom. The predicted octanol–water partition coefficient (Wildman–Crippen LogP) is 4.72. The van der Waals surface area contributed by atoms with E-state index in [2.05, 4.69) is 10.3 Å². The fourth-order valence-corrected chi connectivity index (χ4v) is 2.60. The highest BCUT2D eigenvalue weighted by molar-refractivity contribution is 6.30. The van der Waals surface area contributed by atoms with Crippen molar-refractivity contribution in [1.29, 1.82) is 0 Å². The third-order valence-corrected chi connectivity index (χ3v) is 3.96. The number of para-hydroxylation sites is 1. The second kappa shape index (κ2) is 6.22. The SMILES string of the molecule is Cc1cccc2cc(CNc3ccc([N+](=O)[O-])cc3)c(Cl)nc12. The summed E-state index contributed by atoms with van der Waals surface area (Å²) >= 11 is 6.27. The maximum atomic E-state index is 10.6. The van der Waals surface area contributed by atoms with Gasteiger partial charge in [0.15, 0.2) is 0 Å². The topological polar surface area (TPSA) is 68.1 Å². The number of pyridine rings is 1. The molecule has 0 aliphatic carbocycles. The number of hydrogen-bond donors (Lipinski definition) is 1. The highest BCUT2D eigenvalue weighted by Crippen LogP contribution is 2.24. The molecule has 0 aliphatic heterocycles. The maximum absolute atomic E-state index is 10.6. The molecule has 0 bridgehead atoms. The summed E-state index contributed by atoms with van der Waals surface area (Å²) < 4.78 is 0. The van der Waals surface area contributed by atoms with Crippen LogP contribution >= 0.6 is 11.6 Å². The summed E-state index contributed by atoms with van der Waals surface area (Å²) in [6.45, 7) is 2.49. The predicted molar refractivity (Wildman–Crippen MR) is 91.9 cm³/mol. The van der Waals surface area contributed by atoms with Gasteiger partial charge in [-0.25, -0.2) is 4.98 Å². The minimum Gasteiger partial charge on any atom is -0.381 e. The number of aryl methyl sites for hydroxylation is 1. The molecule has 5 nitrogen and oxygen atoms in total. The molecule has 3 rings (SSSR count). The van der Waals surface area contributed by atoms with E-state index in [0.717, 1.165) is 27.7 Å². The van der Waals surface area contributed by atoms with Gasteiger partial charge in [0.25, 0.3) is 5.69 Å². The van der Waals surface area contributed by atoms with E-state index in [0.29, 0.717) is 11.7 Å². The molecule has 1 N–H and O–H groups in total. The van der Waals surface area contributed by atoms with Crippen molar-refractivity contribution in [3.8, 4) is 0 Å². The van der Waals surface area contributed by atoms with Gasteiger partial charge in [-0.3, -0.25) is 10.1 Å². The Balaban J connectivity index is 1.81. The molecule has 6 heteroatoms. The molecule has 1 heterocycles. The van der Waals surface area contributed by atoms with E-state index in [4.69, 9.17) is 11.6 Å². The zero-order valence-electron chi connectivity index (χ0n) is 12.4. The number of nitrogens with one attached hydrogen (secondary N) is 1. The molecule has 0 saturated carbocycles. The van der Waals surface area contributed by atoms with Crippen LogP contribution in [0.15, 0.2) is 48.5 Å². The highest BCUT2D eigenvalue weighted by atomic mass is 35.5. The summed E-state index contributed by atoms with van der Waals surface area (Å²) in [5.74, 6) is 0. The molecule has 0 saturated heterocycles. The normalized spacial score (nSPS) is 10.7. The van der Waals surface area contributed by atoms with Gasteiger partial charge < -0.3 is 5.32 Å². The molecule has 0 spiro atoms. The summed E-state index contributed by atoms with van der Waals surface area (Å²) in [6.07, 6.45) is 0. The van der Waals surface area contributed by atoms with Crippen molar-refractivity contribution in [3.63, 3.8) is 0 Å². The third-order valence-electron chi connectivity index (χ3n) is 3.63. The lowest BCUT2D eigenvalue weighted by Crippen LogP contribution is -2.01. The molecule has 0 atom stereocenters. The summed E-state index contributed by atoms with van der Waals surface area (Å²) in [5, 5.41) is 15.3. The minimum absolute atomic E-state index is 0.0661. The van der Waals surface area contributed by atoms with Crippen molar-refractivity contribution in [3.05, 3.63) is 74.9 Å². The van der Waals surface area contributed by atoms with Crippen LogP contribution in [0.3, 0.4) is 0 Å². The Kier molecular flexibility index (Phi) is 4.12. The number of benzene rings is 2. The van der Waals surface area contributed by atoms with Crippen LogP contribution < -0.4 is 5.32 Å². The average molecular weight is 328 g/mol. The molecule has 2 aromatic carbocycles. The molecule has 116 valence electrons. The number of aromatic nitrogens is 1. The van der Waals surface area contributed by atoms with E-state index in [1.54, 1.807) is 12.1 Å².